The first-order valence-electron chi connectivity index (χ1n) is 3.49. The van der Waals surface area contributed by atoms with Crippen LogP contribution < -0.4 is 0 Å². The molecule has 12 heavy (non-hydrogen) atoms. The molecule has 1 aliphatic heterocycles. The number of carbonyl (C=O) groups is 1. The molecule has 4 heteroatoms. The van der Waals surface area contributed by atoms with Crippen LogP contribution in [0.3, 0.4) is 0 Å². The summed E-state index contributed by atoms with van der Waals surface area (Å²) >= 11 is 3.24. The predicted molar refractivity (Wildman–Crippen MR) is 47.6 cm³/mol. The Bertz CT molecular complexity index is 352. The third-order valence-corrected chi connectivity index (χ3v) is 2.38. The van der Waals surface area contributed by atoms with Gasteiger partial charge in [-0.25, -0.2) is 0 Å². The van der Waals surface area contributed by atoms with Crippen molar-refractivity contribution in [3.8, 4) is 0 Å². The maximum Gasteiger partial charge on any atom is 0.276 e. The molecule has 1 unspecified atom stereocenters. The van der Waals surface area contributed by atoms with E-state index < -0.39 is 0 Å². The van der Waals surface area contributed by atoms with Gasteiger partial charge in [-0.2, -0.15) is 0 Å². The molecule has 0 bridgehead atoms. The first kappa shape index (κ1) is 7.61. The van der Waals surface area contributed by atoms with E-state index in [1.165, 1.54) is 0 Å². The van der Waals surface area contributed by atoms with Gasteiger partial charge in [0, 0.05) is 5.57 Å². The molecule has 0 saturated heterocycles. The zero-order valence-electron chi connectivity index (χ0n) is 6.07. The lowest BCUT2D eigenvalue weighted by atomic mass is 9.94. The Kier molecular flexibility index (Phi) is 1.77. The third-order valence-electron chi connectivity index (χ3n) is 1.77. The van der Waals surface area contributed by atoms with Crippen molar-refractivity contribution in [2.75, 3.05) is 0 Å². The fourth-order valence-corrected chi connectivity index (χ4v) is 1.63. The van der Waals surface area contributed by atoms with Gasteiger partial charge in [0.15, 0.2) is 0 Å². The van der Waals surface area contributed by atoms with Crippen molar-refractivity contribution in [2.24, 2.45) is 16.1 Å². The molecule has 0 spiro atoms. The molecule has 1 heterocycles. The second kappa shape index (κ2) is 2.79. The molecular weight excluding hydrogens is 220 g/mol. The van der Waals surface area contributed by atoms with Gasteiger partial charge in [-0.15, -0.1) is 10.2 Å². The number of halogens is 1. The van der Waals surface area contributed by atoms with Crippen LogP contribution in [0.15, 0.2) is 44.7 Å². The van der Waals surface area contributed by atoms with Crippen LogP contribution in [0.1, 0.15) is 0 Å². The SMILES string of the molecule is O=C1N=NC(Br)=C2C=CC=CC12. The molecule has 0 fully saturated rings. The first-order valence-corrected chi connectivity index (χ1v) is 4.28. The average Bonchev–Trinajstić information content (AvgIpc) is 2.12. The average molecular weight is 225 g/mol. The Morgan fingerprint density at radius 3 is 2.92 bits per heavy atom. The Morgan fingerprint density at radius 1 is 1.33 bits per heavy atom. The Morgan fingerprint density at radius 2 is 2.17 bits per heavy atom. The van der Waals surface area contributed by atoms with Crippen LogP contribution in [0.2, 0.25) is 0 Å². The van der Waals surface area contributed by atoms with Crippen molar-refractivity contribution in [3.05, 3.63) is 34.5 Å². The van der Waals surface area contributed by atoms with Crippen molar-refractivity contribution in [3.63, 3.8) is 0 Å². The number of hydrogen-bond acceptors (Lipinski definition) is 2. The van der Waals surface area contributed by atoms with Crippen molar-refractivity contribution < 1.29 is 4.79 Å². The van der Waals surface area contributed by atoms with Crippen LogP contribution >= 0.6 is 15.9 Å². The van der Waals surface area contributed by atoms with E-state index in [2.05, 4.69) is 26.2 Å². The summed E-state index contributed by atoms with van der Waals surface area (Å²) in [6.45, 7) is 0. The van der Waals surface area contributed by atoms with Gasteiger partial charge >= 0.3 is 0 Å². The number of azo groups is 1. The molecule has 0 aromatic rings. The van der Waals surface area contributed by atoms with Crippen LogP contribution in [0.5, 0.6) is 0 Å². The summed E-state index contributed by atoms with van der Waals surface area (Å²) in [4.78, 5) is 11.2. The summed E-state index contributed by atoms with van der Waals surface area (Å²) in [5.74, 6) is -0.435. The zero-order valence-corrected chi connectivity index (χ0v) is 7.65. The summed E-state index contributed by atoms with van der Waals surface area (Å²) in [5, 5.41) is 7.17. The molecule has 1 atom stereocenters. The zero-order chi connectivity index (χ0) is 8.55. The smallest absolute Gasteiger partial charge is 0.270 e. The largest absolute Gasteiger partial charge is 0.276 e. The summed E-state index contributed by atoms with van der Waals surface area (Å²) < 4.78 is 0.646. The minimum absolute atomic E-state index is 0.200. The third kappa shape index (κ3) is 1.08. The minimum atomic E-state index is -0.234. The molecule has 0 saturated carbocycles. The fourth-order valence-electron chi connectivity index (χ4n) is 1.17. The van der Waals surface area contributed by atoms with Crippen molar-refractivity contribution >= 4 is 21.8 Å². The van der Waals surface area contributed by atoms with Crippen LogP contribution in [-0.4, -0.2) is 5.91 Å². The van der Waals surface area contributed by atoms with E-state index in [1.54, 1.807) is 0 Å². The number of fused-ring (bicyclic) bond motifs is 1. The standard InChI is InChI=1S/C8H5BrN2O/c9-7-5-3-1-2-4-6(5)8(12)11-10-7/h1-4,6H. The lowest BCUT2D eigenvalue weighted by Crippen LogP contribution is -2.16. The maximum atomic E-state index is 11.2. The molecular formula is C8H5BrN2O. The highest BCUT2D eigenvalue weighted by Crippen LogP contribution is 2.30. The minimum Gasteiger partial charge on any atom is -0.270 e. The molecule has 1 amide bonds. The van der Waals surface area contributed by atoms with Gasteiger partial charge < -0.3 is 0 Å². The number of allylic oxidation sites excluding steroid dienone is 3. The number of hydrogen-bond donors (Lipinski definition) is 0. The van der Waals surface area contributed by atoms with Crippen LogP contribution in [0.25, 0.3) is 0 Å². The van der Waals surface area contributed by atoms with Gasteiger partial charge in [0.25, 0.3) is 5.91 Å². The number of amides is 1. The molecule has 2 aliphatic rings. The van der Waals surface area contributed by atoms with Gasteiger partial charge in [0.05, 0.1) is 5.92 Å². The lowest BCUT2D eigenvalue weighted by Gasteiger charge is -2.15. The van der Waals surface area contributed by atoms with E-state index in [1.807, 2.05) is 24.3 Å². The fraction of sp³-hybridized carbons (Fsp3) is 0.125. The van der Waals surface area contributed by atoms with E-state index in [4.69, 9.17) is 0 Å². The molecule has 1 aliphatic carbocycles. The highest BCUT2D eigenvalue weighted by atomic mass is 79.9. The number of carbonyl (C=O) groups excluding carboxylic acids is 1. The highest BCUT2D eigenvalue weighted by molar-refractivity contribution is 9.11. The molecule has 0 aromatic carbocycles. The van der Waals surface area contributed by atoms with Gasteiger partial charge in [-0.1, -0.05) is 24.3 Å². The van der Waals surface area contributed by atoms with E-state index in [9.17, 15) is 4.79 Å². The Labute approximate surface area is 77.7 Å². The van der Waals surface area contributed by atoms with Gasteiger partial charge in [0.2, 0.25) is 0 Å². The normalized spacial score (nSPS) is 26.4. The summed E-state index contributed by atoms with van der Waals surface area (Å²) in [7, 11) is 0. The quantitative estimate of drug-likeness (QED) is 0.583. The maximum absolute atomic E-state index is 11.2. The summed E-state index contributed by atoms with van der Waals surface area (Å²) in [6.07, 6.45) is 7.40. The van der Waals surface area contributed by atoms with Crippen molar-refractivity contribution in [1.82, 2.24) is 0 Å². The van der Waals surface area contributed by atoms with E-state index >= 15 is 0 Å². The Balaban J connectivity index is 2.51. The Hall–Kier alpha value is -1.03. The second-order valence-corrected chi connectivity index (χ2v) is 3.26. The van der Waals surface area contributed by atoms with E-state index in [0.29, 0.717) is 4.61 Å². The number of rotatable bonds is 0. The summed E-state index contributed by atoms with van der Waals surface area (Å²) in [6, 6.07) is 0. The van der Waals surface area contributed by atoms with Gasteiger partial charge in [-0.3, -0.25) is 4.79 Å². The monoisotopic (exact) mass is 224 g/mol. The van der Waals surface area contributed by atoms with Crippen LogP contribution in [-0.2, 0) is 4.79 Å². The lowest BCUT2D eigenvalue weighted by molar-refractivity contribution is -0.120. The molecule has 3 nitrogen and oxygen atoms in total. The molecule has 0 radical (unpaired) electrons. The van der Waals surface area contributed by atoms with E-state index in [-0.39, 0.29) is 11.8 Å². The summed E-state index contributed by atoms with van der Waals surface area (Å²) in [5.41, 5.74) is 0.887. The first-order chi connectivity index (χ1) is 5.79. The molecule has 0 N–H and O–H groups in total. The second-order valence-electron chi connectivity index (χ2n) is 2.51. The topological polar surface area (TPSA) is 41.8 Å². The highest BCUT2D eigenvalue weighted by Gasteiger charge is 2.25. The molecule has 60 valence electrons. The molecule has 0 aromatic heterocycles. The van der Waals surface area contributed by atoms with Crippen molar-refractivity contribution in [1.29, 1.82) is 0 Å². The molecule has 2 rings (SSSR count). The van der Waals surface area contributed by atoms with E-state index in [0.717, 1.165) is 5.57 Å². The van der Waals surface area contributed by atoms with Crippen LogP contribution in [0, 0.1) is 5.92 Å². The van der Waals surface area contributed by atoms with Gasteiger partial charge in [0.1, 0.15) is 4.61 Å². The predicted octanol–water partition coefficient (Wildman–Crippen LogP) is 2.33. The van der Waals surface area contributed by atoms with Gasteiger partial charge in [-0.05, 0) is 15.9 Å². The van der Waals surface area contributed by atoms with Crippen LogP contribution in [0.4, 0.5) is 0 Å². The van der Waals surface area contributed by atoms with Crippen molar-refractivity contribution in [2.45, 2.75) is 0 Å². The number of nitrogens with zero attached hydrogens (tertiary/aromatic N) is 2.